The summed E-state index contributed by atoms with van der Waals surface area (Å²) in [7, 11) is 3.15. The van der Waals surface area contributed by atoms with Gasteiger partial charge < -0.3 is 9.64 Å². The first kappa shape index (κ1) is 12.1. The monoisotopic (exact) mass is 247 g/mol. The van der Waals surface area contributed by atoms with Crippen molar-refractivity contribution in [2.24, 2.45) is 5.10 Å². The first-order chi connectivity index (χ1) is 8.61. The third kappa shape index (κ3) is 2.32. The number of hydrazone groups is 1. The van der Waals surface area contributed by atoms with Gasteiger partial charge in [0.05, 0.1) is 19.3 Å². The zero-order valence-corrected chi connectivity index (χ0v) is 10.1. The van der Waals surface area contributed by atoms with Crippen molar-refractivity contribution >= 4 is 23.1 Å². The normalized spacial score (nSPS) is 17.4. The molecule has 2 rings (SSSR count). The first-order valence-electron chi connectivity index (χ1n) is 5.38. The fourth-order valence-electron chi connectivity index (χ4n) is 1.55. The molecule has 1 N–H and O–H groups in total. The Labute approximate surface area is 104 Å². The number of amides is 1. The van der Waals surface area contributed by atoms with Gasteiger partial charge in [-0.15, -0.1) is 0 Å². The van der Waals surface area contributed by atoms with Crippen LogP contribution in [0.5, 0.6) is 5.75 Å². The maximum atomic E-state index is 11.5. The minimum Gasteiger partial charge on any atom is -0.497 e. The van der Waals surface area contributed by atoms with E-state index in [4.69, 9.17) is 4.74 Å². The van der Waals surface area contributed by atoms with Crippen molar-refractivity contribution in [1.29, 1.82) is 0 Å². The van der Waals surface area contributed by atoms with E-state index in [-0.39, 0.29) is 12.3 Å². The lowest BCUT2D eigenvalue weighted by molar-refractivity contribution is -0.137. The van der Waals surface area contributed by atoms with Gasteiger partial charge in [0.1, 0.15) is 11.5 Å². The summed E-state index contributed by atoms with van der Waals surface area (Å²) in [5.41, 5.74) is 3.68. The second-order valence-electron chi connectivity index (χ2n) is 3.89. The number of benzene rings is 1. The highest BCUT2D eigenvalue weighted by atomic mass is 16.5. The Hall–Kier alpha value is -2.37. The van der Waals surface area contributed by atoms with Crippen molar-refractivity contribution in [3.8, 4) is 5.75 Å². The molecule has 1 aliphatic heterocycles. The fourth-order valence-corrected chi connectivity index (χ4v) is 1.55. The minimum absolute atomic E-state index is 0.221. The smallest absolute Gasteiger partial charge is 0.296 e. The van der Waals surface area contributed by atoms with E-state index in [9.17, 15) is 9.59 Å². The van der Waals surface area contributed by atoms with Crippen molar-refractivity contribution in [3.05, 3.63) is 24.3 Å². The molecule has 94 valence electrons. The van der Waals surface area contributed by atoms with E-state index in [1.807, 2.05) is 0 Å². The molecule has 1 fully saturated rings. The largest absolute Gasteiger partial charge is 0.497 e. The second kappa shape index (κ2) is 4.87. The molecule has 6 nitrogen and oxygen atoms in total. The Balaban J connectivity index is 2.06. The molecule has 1 aromatic rings. The summed E-state index contributed by atoms with van der Waals surface area (Å²) in [4.78, 5) is 24.0. The summed E-state index contributed by atoms with van der Waals surface area (Å²) in [5.74, 6) is -0.344. The molecule has 1 amide bonds. The van der Waals surface area contributed by atoms with E-state index in [2.05, 4.69) is 10.5 Å². The van der Waals surface area contributed by atoms with Crippen LogP contribution in [0.4, 0.5) is 5.69 Å². The maximum Gasteiger partial charge on any atom is 0.296 e. The van der Waals surface area contributed by atoms with Gasteiger partial charge in [-0.2, -0.15) is 5.10 Å². The topological polar surface area (TPSA) is 71.0 Å². The van der Waals surface area contributed by atoms with E-state index in [0.717, 1.165) is 11.4 Å². The predicted molar refractivity (Wildman–Crippen MR) is 66.7 cm³/mol. The SMILES string of the molecule is COc1ccc(N/N=C2/CN(C)C(=O)C2=O)cc1. The van der Waals surface area contributed by atoms with Gasteiger partial charge >= 0.3 is 0 Å². The molecule has 1 aliphatic rings. The average Bonchev–Trinajstić information content (AvgIpc) is 2.64. The van der Waals surface area contributed by atoms with Crippen molar-refractivity contribution < 1.29 is 14.3 Å². The van der Waals surface area contributed by atoms with Gasteiger partial charge in [0.15, 0.2) is 0 Å². The lowest BCUT2D eigenvalue weighted by Crippen LogP contribution is -2.22. The van der Waals surface area contributed by atoms with E-state index in [0.29, 0.717) is 0 Å². The Morgan fingerprint density at radius 2 is 1.94 bits per heavy atom. The van der Waals surface area contributed by atoms with E-state index in [1.54, 1.807) is 38.4 Å². The summed E-state index contributed by atoms with van der Waals surface area (Å²) in [6.07, 6.45) is 0. The lowest BCUT2D eigenvalue weighted by Gasteiger charge is -2.04. The van der Waals surface area contributed by atoms with Gasteiger partial charge in [-0.05, 0) is 24.3 Å². The molecule has 0 atom stereocenters. The number of anilines is 1. The summed E-state index contributed by atoms with van der Waals surface area (Å²) >= 11 is 0. The number of ether oxygens (including phenoxy) is 1. The van der Waals surface area contributed by atoms with Gasteiger partial charge in [-0.25, -0.2) is 0 Å². The number of carbonyl (C=O) groups excluding carboxylic acids is 2. The van der Waals surface area contributed by atoms with Crippen LogP contribution < -0.4 is 10.2 Å². The number of Topliss-reactive ketones (excluding diaryl/α,β-unsaturated/α-hetero) is 1. The van der Waals surface area contributed by atoms with Gasteiger partial charge in [-0.3, -0.25) is 15.0 Å². The van der Waals surface area contributed by atoms with Crippen molar-refractivity contribution in [3.63, 3.8) is 0 Å². The number of carbonyl (C=O) groups is 2. The molecule has 1 aromatic carbocycles. The number of methoxy groups -OCH3 is 1. The maximum absolute atomic E-state index is 11.5. The van der Waals surface area contributed by atoms with Crippen LogP contribution in [-0.4, -0.2) is 43.0 Å². The number of likely N-dealkylation sites (N-methyl/N-ethyl adjacent to an activating group) is 1. The first-order valence-corrected chi connectivity index (χ1v) is 5.38. The van der Waals surface area contributed by atoms with Crippen LogP contribution in [0.15, 0.2) is 29.4 Å². The van der Waals surface area contributed by atoms with Crippen LogP contribution in [0.2, 0.25) is 0 Å². The molecule has 1 saturated heterocycles. The highest BCUT2D eigenvalue weighted by molar-refractivity contribution is 6.68. The van der Waals surface area contributed by atoms with Gasteiger partial charge in [-0.1, -0.05) is 0 Å². The number of nitrogens with one attached hydrogen (secondary N) is 1. The molecule has 0 aliphatic carbocycles. The number of nitrogens with zero attached hydrogens (tertiary/aromatic N) is 2. The third-order valence-electron chi connectivity index (χ3n) is 2.60. The van der Waals surface area contributed by atoms with Gasteiger partial charge in [0.25, 0.3) is 11.7 Å². The molecular formula is C12H13N3O3. The Bertz CT molecular complexity index is 508. The zero-order chi connectivity index (χ0) is 13.1. The Morgan fingerprint density at radius 3 is 2.44 bits per heavy atom. The second-order valence-corrected chi connectivity index (χ2v) is 3.89. The van der Waals surface area contributed by atoms with Crippen molar-refractivity contribution in [1.82, 2.24) is 4.90 Å². The summed E-state index contributed by atoms with van der Waals surface area (Å²) in [5, 5.41) is 3.94. The molecule has 18 heavy (non-hydrogen) atoms. The lowest BCUT2D eigenvalue weighted by atomic mass is 10.3. The molecule has 0 aromatic heterocycles. The highest BCUT2D eigenvalue weighted by Crippen LogP contribution is 2.15. The van der Waals surface area contributed by atoms with Crippen LogP contribution in [0.25, 0.3) is 0 Å². The molecule has 0 spiro atoms. The third-order valence-corrected chi connectivity index (χ3v) is 2.60. The number of ketones is 1. The molecule has 0 saturated carbocycles. The molecule has 6 heteroatoms. The highest BCUT2D eigenvalue weighted by Gasteiger charge is 2.33. The fraction of sp³-hybridized carbons (Fsp3) is 0.250. The number of hydrogen-bond donors (Lipinski definition) is 1. The Morgan fingerprint density at radius 1 is 1.28 bits per heavy atom. The number of hydrogen-bond acceptors (Lipinski definition) is 5. The summed E-state index contributed by atoms with van der Waals surface area (Å²) in [6.45, 7) is 0.237. The van der Waals surface area contributed by atoms with Crippen LogP contribution in [0.1, 0.15) is 0 Å². The van der Waals surface area contributed by atoms with Crippen LogP contribution in [0, 0.1) is 0 Å². The van der Waals surface area contributed by atoms with Crippen molar-refractivity contribution in [2.45, 2.75) is 0 Å². The van der Waals surface area contributed by atoms with E-state index < -0.39 is 11.7 Å². The van der Waals surface area contributed by atoms with Crippen LogP contribution in [0.3, 0.4) is 0 Å². The van der Waals surface area contributed by atoms with E-state index in [1.165, 1.54) is 4.90 Å². The average molecular weight is 247 g/mol. The predicted octanol–water partition coefficient (Wildman–Crippen LogP) is 0.504. The quantitative estimate of drug-likeness (QED) is 0.624. The zero-order valence-electron chi connectivity index (χ0n) is 10.1. The van der Waals surface area contributed by atoms with Crippen LogP contribution >= 0.6 is 0 Å². The minimum atomic E-state index is -0.557. The molecular weight excluding hydrogens is 234 g/mol. The summed E-state index contributed by atoms with van der Waals surface area (Å²) < 4.78 is 5.02. The Kier molecular flexibility index (Phi) is 3.27. The van der Waals surface area contributed by atoms with Crippen molar-refractivity contribution in [2.75, 3.05) is 26.1 Å². The standard InChI is InChI=1S/C12H13N3O3/c1-15-7-10(11(16)12(15)17)14-13-8-3-5-9(18-2)6-4-8/h3-6,13H,7H2,1-2H3/b14-10-. The van der Waals surface area contributed by atoms with Gasteiger partial charge in [0, 0.05) is 7.05 Å². The van der Waals surface area contributed by atoms with Crippen LogP contribution in [-0.2, 0) is 9.59 Å². The molecule has 0 unspecified atom stereocenters. The molecule has 0 bridgehead atoms. The van der Waals surface area contributed by atoms with Gasteiger partial charge in [0.2, 0.25) is 0 Å². The summed E-state index contributed by atoms with van der Waals surface area (Å²) in [6, 6.07) is 7.09. The number of likely N-dealkylation sites (tertiary alicyclic amines) is 1. The van der Waals surface area contributed by atoms with E-state index >= 15 is 0 Å². The number of rotatable bonds is 3. The molecule has 1 heterocycles. The molecule has 0 radical (unpaired) electrons.